The van der Waals surface area contributed by atoms with Gasteiger partial charge in [-0.1, -0.05) is 69.2 Å². The zero-order valence-electron chi connectivity index (χ0n) is 19.1. The molecule has 0 bridgehead atoms. The maximum atomic E-state index is 11.6. The molecule has 0 spiro atoms. The normalized spacial score (nSPS) is 14.4. The molecule has 166 valence electrons. The van der Waals surface area contributed by atoms with E-state index >= 15 is 0 Å². The van der Waals surface area contributed by atoms with Gasteiger partial charge in [0.05, 0.1) is 13.2 Å². The Bertz CT molecular complexity index is 906. The van der Waals surface area contributed by atoms with Crippen LogP contribution >= 0.6 is 0 Å². The monoisotopic (exact) mass is 420 g/mol. The maximum absolute atomic E-state index is 11.6. The fraction of sp³-hybridized carbons (Fsp3) is 0.464. The van der Waals surface area contributed by atoms with Gasteiger partial charge in [-0.15, -0.1) is 0 Å². The first-order chi connectivity index (χ1) is 15.0. The van der Waals surface area contributed by atoms with E-state index in [4.69, 9.17) is 4.74 Å². The minimum Gasteiger partial charge on any atom is -0.462 e. The van der Waals surface area contributed by atoms with Crippen LogP contribution in [-0.2, 0) is 29.0 Å². The molecule has 0 atom stereocenters. The first kappa shape index (κ1) is 23.3. The van der Waals surface area contributed by atoms with Crippen LogP contribution in [0.15, 0.2) is 48.6 Å². The molecule has 31 heavy (non-hydrogen) atoms. The van der Waals surface area contributed by atoms with Gasteiger partial charge in [-0.25, -0.2) is 4.79 Å². The van der Waals surface area contributed by atoms with Crippen LogP contribution in [0.3, 0.4) is 0 Å². The van der Waals surface area contributed by atoms with E-state index in [-0.39, 0.29) is 12.6 Å². The molecular weight excluding hydrogens is 384 g/mol. The van der Waals surface area contributed by atoms with Crippen molar-refractivity contribution in [2.75, 3.05) is 6.61 Å². The van der Waals surface area contributed by atoms with Crippen molar-refractivity contribution in [3.63, 3.8) is 0 Å². The van der Waals surface area contributed by atoms with Gasteiger partial charge in [-0.05, 0) is 78.3 Å². The summed E-state index contributed by atoms with van der Waals surface area (Å²) >= 11 is 0. The van der Waals surface area contributed by atoms with Crippen LogP contribution in [0.25, 0.3) is 11.1 Å². The molecule has 0 aliphatic heterocycles. The summed E-state index contributed by atoms with van der Waals surface area (Å²) < 4.78 is 5.22. The van der Waals surface area contributed by atoms with Crippen molar-refractivity contribution in [1.82, 2.24) is 0 Å². The Hall–Kier alpha value is -2.39. The molecule has 0 aromatic heterocycles. The lowest BCUT2D eigenvalue weighted by molar-refractivity contribution is -0.139. The highest BCUT2D eigenvalue weighted by atomic mass is 16.5. The lowest BCUT2D eigenvalue weighted by Crippen LogP contribution is -2.07. The van der Waals surface area contributed by atoms with Crippen LogP contribution < -0.4 is 0 Å². The van der Waals surface area contributed by atoms with Crippen LogP contribution in [0.1, 0.15) is 80.5 Å². The van der Waals surface area contributed by atoms with Crippen molar-refractivity contribution in [2.45, 2.75) is 77.7 Å². The molecule has 3 rings (SSSR count). The number of hydrogen-bond acceptors (Lipinski definition) is 3. The second-order valence-corrected chi connectivity index (χ2v) is 8.77. The minimum atomic E-state index is -0.346. The fourth-order valence-electron chi connectivity index (χ4n) is 4.61. The third kappa shape index (κ3) is 6.07. The topological polar surface area (TPSA) is 46.5 Å². The Balaban J connectivity index is 1.77. The number of aliphatic hydroxyl groups excluding tert-OH is 1. The second kappa shape index (κ2) is 11.3. The second-order valence-electron chi connectivity index (χ2n) is 8.77. The number of carbonyl (C=O) groups excluding carboxylic acids is 1. The van der Waals surface area contributed by atoms with Gasteiger partial charge in [0.25, 0.3) is 0 Å². The number of rotatable bonds is 9. The van der Waals surface area contributed by atoms with Crippen molar-refractivity contribution in [3.05, 3.63) is 70.8 Å². The number of esters is 1. The van der Waals surface area contributed by atoms with E-state index in [0.29, 0.717) is 18.1 Å². The number of aliphatic hydroxyl groups is 1. The van der Waals surface area contributed by atoms with E-state index in [0.717, 1.165) is 30.4 Å². The van der Waals surface area contributed by atoms with Gasteiger partial charge in [-0.2, -0.15) is 0 Å². The van der Waals surface area contributed by atoms with Gasteiger partial charge in [0, 0.05) is 5.57 Å². The average Bonchev–Trinajstić information content (AvgIpc) is 2.81. The molecular formula is C28H36O3. The first-order valence-corrected chi connectivity index (χ1v) is 11.7. The summed E-state index contributed by atoms with van der Waals surface area (Å²) in [5.74, 6) is 0.365. The number of hydrogen-bond donors (Lipinski definition) is 1. The standard InChI is InChI=1S/C28H36O3/c1-4-21-17-24(22-9-6-5-7-10-22)14-15-27(21)25-12-13-26(19-29)23(18-25)11-8-16-31-28(30)20(2)3/h12-15,17-18,22,29H,2,4-11,16,19H2,1,3H3. The predicted molar refractivity (Wildman–Crippen MR) is 127 cm³/mol. The van der Waals surface area contributed by atoms with Crippen molar-refractivity contribution in [1.29, 1.82) is 0 Å². The third-order valence-corrected chi connectivity index (χ3v) is 6.45. The SMILES string of the molecule is C=C(C)C(=O)OCCCc1cc(-c2ccc(C3CCCCC3)cc2CC)ccc1CO. The molecule has 3 heteroatoms. The smallest absolute Gasteiger partial charge is 0.333 e. The zero-order chi connectivity index (χ0) is 22.2. The zero-order valence-corrected chi connectivity index (χ0v) is 19.1. The van der Waals surface area contributed by atoms with Gasteiger partial charge in [0.2, 0.25) is 0 Å². The number of aryl methyl sites for hydroxylation is 2. The molecule has 0 saturated heterocycles. The molecule has 0 radical (unpaired) electrons. The van der Waals surface area contributed by atoms with Gasteiger partial charge >= 0.3 is 5.97 Å². The number of benzene rings is 2. The Labute approximate surface area is 187 Å². The van der Waals surface area contributed by atoms with Gasteiger partial charge in [0.15, 0.2) is 0 Å². The Kier molecular flexibility index (Phi) is 8.48. The van der Waals surface area contributed by atoms with E-state index in [1.165, 1.54) is 54.4 Å². The molecule has 1 N–H and O–H groups in total. The van der Waals surface area contributed by atoms with Crippen LogP contribution in [-0.4, -0.2) is 17.7 Å². The summed E-state index contributed by atoms with van der Waals surface area (Å²) in [7, 11) is 0. The van der Waals surface area contributed by atoms with E-state index in [1.54, 1.807) is 6.92 Å². The highest BCUT2D eigenvalue weighted by molar-refractivity contribution is 5.86. The largest absolute Gasteiger partial charge is 0.462 e. The fourth-order valence-corrected chi connectivity index (χ4v) is 4.61. The third-order valence-electron chi connectivity index (χ3n) is 6.45. The molecule has 0 amide bonds. The van der Waals surface area contributed by atoms with Gasteiger partial charge in [0.1, 0.15) is 0 Å². The van der Waals surface area contributed by atoms with Crippen LogP contribution in [0, 0.1) is 0 Å². The van der Waals surface area contributed by atoms with E-state index in [1.807, 2.05) is 6.07 Å². The van der Waals surface area contributed by atoms with Crippen molar-refractivity contribution in [2.24, 2.45) is 0 Å². The quantitative estimate of drug-likeness (QED) is 0.286. The number of carbonyl (C=O) groups is 1. The van der Waals surface area contributed by atoms with E-state index < -0.39 is 0 Å². The minimum absolute atomic E-state index is 0.0163. The van der Waals surface area contributed by atoms with Crippen molar-refractivity contribution < 1.29 is 14.6 Å². The average molecular weight is 421 g/mol. The molecule has 1 fully saturated rings. The van der Waals surface area contributed by atoms with Crippen molar-refractivity contribution >= 4 is 5.97 Å². The molecule has 1 saturated carbocycles. The number of ether oxygens (including phenoxy) is 1. The molecule has 2 aromatic carbocycles. The molecule has 1 aliphatic rings. The molecule has 3 nitrogen and oxygen atoms in total. The van der Waals surface area contributed by atoms with Crippen molar-refractivity contribution in [3.8, 4) is 11.1 Å². The van der Waals surface area contributed by atoms with Crippen LogP contribution in [0.5, 0.6) is 0 Å². The summed E-state index contributed by atoms with van der Waals surface area (Å²) in [6.45, 7) is 7.86. The lowest BCUT2D eigenvalue weighted by Gasteiger charge is -2.23. The summed E-state index contributed by atoms with van der Waals surface area (Å²) in [5, 5.41) is 9.78. The highest BCUT2D eigenvalue weighted by Gasteiger charge is 2.17. The molecule has 1 aliphatic carbocycles. The Morgan fingerprint density at radius 1 is 1.06 bits per heavy atom. The predicted octanol–water partition coefficient (Wildman–Crippen LogP) is 6.51. The summed E-state index contributed by atoms with van der Waals surface area (Å²) in [6.07, 6.45) is 9.18. The maximum Gasteiger partial charge on any atom is 0.333 e. The van der Waals surface area contributed by atoms with E-state index in [2.05, 4.69) is 43.8 Å². The molecule has 2 aromatic rings. The van der Waals surface area contributed by atoms with Crippen LogP contribution in [0.4, 0.5) is 0 Å². The summed E-state index contributed by atoms with van der Waals surface area (Å²) in [5.41, 5.74) is 7.83. The Morgan fingerprint density at radius 2 is 1.84 bits per heavy atom. The van der Waals surface area contributed by atoms with Crippen LogP contribution in [0.2, 0.25) is 0 Å². The molecule has 0 heterocycles. The lowest BCUT2D eigenvalue weighted by atomic mass is 9.82. The summed E-state index contributed by atoms with van der Waals surface area (Å²) in [6, 6.07) is 13.4. The molecule has 0 unspecified atom stereocenters. The Morgan fingerprint density at radius 3 is 2.52 bits per heavy atom. The van der Waals surface area contributed by atoms with E-state index in [9.17, 15) is 9.90 Å². The first-order valence-electron chi connectivity index (χ1n) is 11.7. The summed E-state index contributed by atoms with van der Waals surface area (Å²) in [4.78, 5) is 11.6. The van der Waals surface area contributed by atoms with Gasteiger partial charge in [-0.3, -0.25) is 0 Å². The highest BCUT2D eigenvalue weighted by Crippen LogP contribution is 2.35. The van der Waals surface area contributed by atoms with Gasteiger partial charge < -0.3 is 9.84 Å².